The number of unbranched alkanes of at least 4 members (excludes halogenated alkanes) is 1. The summed E-state index contributed by atoms with van der Waals surface area (Å²) < 4.78 is 2.00. The minimum atomic E-state index is 0. The molecule has 0 fully saturated rings. The normalized spacial score (nSPS) is 11.3. The van der Waals surface area contributed by atoms with Gasteiger partial charge < -0.3 is 15.2 Å². The van der Waals surface area contributed by atoms with Crippen molar-refractivity contribution in [3.05, 3.63) is 12.7 Å². The molecule has 0 aromatic carbocycles. The van der Waals surface area contributed by atoms with E-state index in [0.29, 0.717) is 5.92 Å². The number of halogens is 1. The van der Waals surface area contributed by atoms with Crippen molar-refractivity contribution in [3.8, 4) is 0 Å². The van der Waals surface area contributed by atoms with E-state index in [1.807, 2.05) is 4.57 Å². The van der Waals surface area contributed by atoms with Crippen molar-refractivity contribution in [1.82, 2.24) is 25.4 Å². The van der Waals surface area contributed by atoms with Crippen molar-refractivity contribution < 1.29 is 0 Å². The molecule has 0 aliphatic carbocycles. The van der Waals surface area contributed by atoms with Crippen molar-refractivity contribution in [2.45, 2.75) is 40.2 Å². The number of nitrogens with zero attached hydrogens (tertiary/aromatic N) is 4. The van der Waals surface area contributed by atoms with Crippen LogP contribution in [0, 0.1) is 5.92 Å². The molecule has 0 amide bonds. The van der Waals surface area contributed by atoms with Gasteiger partial charge in [-0.05, 0) is 25.7 Å². The highest BCUT2D eigenvalue weighted by Gasteiger charge is 1.98. The Hall–Kier alpha value is -0.860. The Morgan fingerprint density at radius 1 is 1.20 bits per heavy atom. The van der Waals surface area contributed by atoms with Crippen molar-refractivity contribution in [2.24, 2.45) is 10.9 Å². The van der Waals surface area contributed by atoms with Crippen LogP contribution in [0.2, 0.25) is 0 Å². The number of aromatic nitrogens is 3. The first-order valence-corrected chi connectivity index (χ1v) is 7.07. The lowest BCUT2D eigenvalue weighted by atomic mass is 10.2. The van der Waals surface area contributed by atoms with E-state index in [0.717, 1.165) is 45.0 Å². The Morgan fingerprint density at radius 3 is 2.50 bits per heavy atom. The number of hydrogen-bond donors (Lipinski definition) is 2. The molecular weight excluding hydrogens is 367 g/mol. The van der Waals surface area contributed by atoms with Gasteiger partial charge in [-0.1, -0.05) is 13.8 Å². The van der Waals surface area contributed by atoms with E-state index in [2.05, 4.69) is 46.6 Å². The highest BCUT2D eigenvalue weighted by Crippen LogP contribution is 1.94. The number of nitrogens with one attached hydrogen (secondary N) is 2. The van der Waals surface area contributed by atoms with Crippen LogP contribution < -0.4 is 10.6 Å². The molecule has 116 valence electrons. The third-order valence-corrected chi connectivity index (χ3v) is 2.56. The first-order valence-electron chi connectivity index (χ1n) is 7.07. The number of rotatable bonds is 8. The molecule has 0 radical (unpaired) electrons. The van der Waals surface area contributed by atoms with E-state index < -0.39 is 0 Å². The summed E-state index contributed by atoms with van der Waals surface area (Å²) in [6, 6.07) is 0. The van der Waals surface area contributed by atoms with Crippen molar-refractivity contribution in [2.75, 3.05) is 19.6 Å². The van der Waals surface area contributed by atoms with Crippen LogP contribution in [-0.4, -0.2) is 40.4 Å². The molecule has 2 N–H and O–H groups in total. The van der Waals surface area contributed by atoms with Gasteiger partial charge in [-0.15, -0.1) is 34.2 Å². The fourth-order valence-electron chi connectivity index (χ4n) is 1.58. The highest BCUT2D eigenvalue weighted by molar-refractivity contribution is 14.0. The van der Waals surface area contributed by atoms with Crippen LogP contribution in [0.3, 0.4) is 0 Å². The predicted molar refractivity (Wildman–Crippen MR) is 93.5 cm³/mol. The van der Waals surface area contributed by atoms with Gasteiger partial charge in [-0.25, -0.2) is 0 Å². The molecule has 1 aromatic heterocycles. The number of guanidine groups is 1. The number of aryl methyl sites for hydroxylation is 1. The SMILES string of the molecule is CCNC(=NCC(C)C)NCCCCn1cnnc1.I. The average molecular weight is 394 g/mol. The minimum absolute atomic E-state index is 0. The molecule has 0 unspecified atom stereocenters. The Bertz CT molecular complexity index is 350. The molecule has 6 nitrogen and oxygen atoms in total. The number of hydrogen-bond acceptors (Lipinski definition) is 3. The van der Waals surface area contributed by atoms with Crippen LogP contribution in [0.5, 0.6) is 0 Å². The van der Waals surface area contributed by atoms with Crippen LogP contribution >= 0.6 is 24.0 Å². The van der Waals surface area contributed by atoms with Gasteiger partial charge in [0.25, 0.3) is 0 Å². The lowest BCUT2D eigenvalue weighted by Crippen LogP contribution is -2.38. The fraction of sp³-hybridized carbons (Fsp3) is 0.769. The molecule has 0 saturated heterocycles. The molecule has 0 aliphatic rings. The topological polar surface area (TPSA) is 67.1 Å². The number of aliphatic imine (C=N–C) groups is 1. The standard InChI is InChI=1S/C13H26N6.HI/c1-4-14-13(16-9-12(2)3)15-7-5-6-8-19-10-17-18-11-19;/h10-12H,4-9H2,1-3H3,(H2,14,15,16);1H. The van der Waals surface area contributed by atoms with Gasteiger partial charge in [0.2, 0.25) is 0 Å². The fourth-order valence-corrected chi connectivity index (χ4v) is 1.58. The van der Waals surface area contributed by atoms with Gasteiger partial charge in [0.05, 0.1) is 0 Å². The molecule has 1 aromatic rings. The molecule has 0 spiro atoms. The summed E-state index contributed by atoms with van der Waals surface area (Å²) in [5, 5.41) is 14.2. The lowest BCUT2D eigenvalue weighted by molar-refractivity contribution is 0.596. The maximum Gasteiger partial charge on any atom is 0.191 e. The highest BCUT2D eigenvalue weighted by atomic mass is 127. The first-order chi connectivity index (χ1) is 9.22. The van der Waals surface area contributed by atoms with Crippen molar-refractivity contribution >= 4 is 29.9 Å². The van der Waals surface area contributed by atoms with Crippen LogP contribution in [0.4, 0.5) is 0 Å². The maximum atomic E-state index is 4.53. The van der Waals surface area contributed by atoms with Gasteiger partial charge in [0.1, 0.15) is 12.7 Å². The zero-order valence-corrected chi connectivity index (χ0v) is 15.0. The van der Waals surface area contributed by atoms with Crippen LogP contribution in [0.1, 0.15) is 33.6 Å². The van der Waals surface area contributed by atoms with Gasteiger partial charge in [-0.2, -0.15) is 0 Å². The summed E-state index contributed by atoms with van der Waals surface area (Å²) in [7, 11) is 0. The van der Waals surface area contributed by atoms with E-state index in [-0.39, 0.29) is 24.0 Å². The molecule has 7 heteroatoms. The second-order valence-corrected chi connectivity index (χ2v) is 4.95. The Balaban J connectivity index is 0.00000361. The summed E-state index contributed by atoms with van der Waals surface area (Å²) in [4.78, 5) is 4.53. The molecule has 0 atom stereocenters. The van der Waals surface area contributed by atoms with E-state index in [9.17, 15) is 0 Å². The van der Waals surface area contributed by atoms with E-state index in [4.69, 9.17) is 0 Å². The van der Waals surface area contributed by atoms with Gasteiger partial charge in [0.15, 0.2) is 5.96 Å². The molecule has 0 bridgehead atoms. The molecule has 20 heavy (non-hydrogen) atoms. The summed E-state index contributed by atoms with van der Waals surface area (Å²) in [6.45, 7) is 10.1. The third kappa shape index (κ3) is 9.11. The molecule has 0 saturated carbocycles. The second-order valence-electron chi connectivity index (χ2n) is 4.95. The predicted octanol–water partition coefficient (Wildman–Crippen LogP) is 1.89. The summed E-state index contributed by atoms with van der Waals surface area (Å²) in [5.41, 5.74) is 0. The lowest BCUT2D eigenvalue weighted by Gasteiger charge is -2.11. The average Bonchev–Trinajstić information content (AvgIpc) is 2.88. The molecule has 1 heterocycles. The summed E-state index contributed by atoms with van der Waals surface area (Å²) in [6.07, 6.45) is 5.71. The summed E-state index contributed by atoms with van der Waals surface area (Å²) in [5.74, 6) is 1.50. The third-order valence-electron chi connectivity index (χ3n) is 2.56. The maximum absolute atomic E-state index is 4.53. The zero-order valence-electron chi connectivity index (χ0n) is 12.7. The van der Waals surface area contributed by atoms with Crippen LogP contribution in [0.25, 0.3) is 0 Å². The minimum Gasteiger partial charge on any atom is -0.357 e. The van der Waals surface area contributed by atoms with Gasteiger partial charge >= 0.3 is 0 Å². The van der Waals surface area contributed by atoms with Crippen LogP contribution in [0.15, 0.2) is 17.6 Å². The van der Waals surface area contributed by atoms with Crippen molar-refractivity contribution in [3.63, 3.8) is 0 Å². The quantitative estimate of drug-likeness (QED) is 0.306. The van der Waals surface area contributed by atoms with Gasteiger partial charge in [0, 0.05) is 26.2 Å². The van der Waals surface area contributed by atoms with Gasteiger partial charge in [-0.3, -0.25) is 4.99 Å². The first kappa shape index (κ1) is 19.1. The molecule has 0 aliphatic heterocycles. The smallest absolute Gasteiger partial charge is 0.191 e. The van der Waals surface area contributed by atoms with E-state index in [1.54, 1.807) is 12.7 Å². The van der Waals surface area contributed by atoms with E-state index >= 15 is 0 Å². The monoisotopic (exact) mass is 394 g/mol. The largest absolute Gasteiger partial charge is 0.357 e. The molecule has 1 rings (SSSR count). The molecular formula is C13H27IN6. The second kappa shape index (κ2) is 11.9. The van der Waals surface area contributed by atoms with Crippen molar-refractivity contribution in [1.29, 1.82) is 0 Å². The van der Waals surface area contributed by atoms with Crippen LogP contribution in [-0.2, 0) is 6.54 Å². The Morgan fingerprint density at radius 2 is 1.90 bits per heavy atom. The Labute approximate surface area is 138 Å². The Kier molecular flexibility index (Phi) is 11.4. The van der Waals surface area contributed by atoms with E-state index in [1.165, 1.54) is 0 Å². The zero-order chi connectivity index (χ0) is 13.9. The summed E-state index contributed by atoms with van der Waals surface area (Å²) >= 11 is 0.